The van der Waals surface area contributed by atoms with Crippen molar-refractivity contribution < 1.29 is 51.3 Å². The topological polar surface area (TPSA) is 246 Å². The van der Waals surface area contributed by atoms with Crippen LogP contribution in [0.2, 0.25) is 0 Å². The maximum absolute atomic E-state index is 13.4. The first-order chi connectivity index (χ1) is 20.9. The van der Waals surface area contributed by atoms with Crippen molar-refractivity contribution in [2.45, 2.75) is 27.6 Å². The number of aromatic nitrogens is 5. The lowest BCUT2D eigenvalue weighted by Crippen LogP contribution is -2.80. The van der Waals surface area contributed by atoms with E-state index >= 15 is 0 Å². The third-order valence-corrected chi connectivity index (χ3v) is 10.1. The lowest BCUT2D eigenvalue weighted by Gasteiger charge is -2.55. The Morgan fingerprint density at radius 2 is 1.95 bits per heavy atom. The summed E-state index contributed by atoms with van der Waals surface area (Å²) < 4.78 is 41.8. The number of carboxylic acids is 2. The Morgan fingerprint density at radius 1 is 1.23 bits per heavy atom. The van der Waals surface area contributed by atoms with Gasteiger partial charge >= 0.3 is 22.1 Å². The highest BCUT2D eigenvalue weighted by Gasteiger charge is 2.66. The number of carboxylic acid groups (broad SMARTS) is 2. The number of hydrogen-bond donors (Lipinski definition) is 3. The van der Waals surface area contributed by atoms with Crippen LogP contribution in [-0.4, -0.2) is 102 Å². The highest BCUT2D eigenvalue weighted by Crippen LogP contribution is 2.47. The van der Waals surface area contributed by atoms with Crippen LogP contribution < -0.4 is 9.50 Å². The Labute approximate surface area is 255 Å². The third kappa shape index (κ3) is 5.49. The second-order valence-corrected chi connectivity index (χ2v) is 12.6. The SMILES string of the molecule is CO[C@@]1(NC(=O)Cc2onc(OS(=O)(=O)c3ccccc3)c2C(=O)O)C(=O)N2C(C(=O)O)=C(CSc3nnnn3C)CS[C@@H]21. The van der Waals surface area contributed by atoms with Crippen LogP contribution in [0.4, 0.5) is 0 Å². The van der Waals surface area contributed by atoms with Gasteiger partial charge in [-0.25, -0.2) is 14.3 Å². The van der Waals surface area contributed by atoms with Crippen LogP contribution in [0, 0.1) is 0 Å². The molecular weight excluding hydrogens is 646 g/mol. The fourth-order valence-corrected chi connectivity index (χ4v) is 7.72. The molecule has 5 rings (SSSR count). The molecule has 232 valence electrons. The van der Waals surface area contributed by atoms with Crippen LogP contribution in [0.25, 0.3) is 0 Å². The van der Waals surface area contributed by atoms with Gasteiger partial charge in [-0.15, -0.1) is 16.9 Å². The number of methoxy groups -OCH3 is 1. The van der Waals surface area contributed by atoms with E-state index in [-0.39, 0.29) is 22.1 Å². The number of benzene rings is 1. The number of ether oxygens (including phenoxy) is 1. The van der Waals surface area contributed by atoms with E-state index < -0.39 is 68.6 Å². The van der Waals surface area contributed by atoms with Crippen LogP contribution in [0.3, 0.4) is 0 Å². The molecule has 0 bridgehead atoms. The van der Waals surface area contributed by atoms with Crippen LogP contribution in [0.15, 0.2) is 56.2 Å². The molecule has 0 radical (unpaired) electrons. The van der Waals surface area contributed by atoms with Gasteiger partial charge in [-0.2, -0.15) is 8.42 Å². The van der Waals surface area contributed by atoms with Gasteiger partial charge in [0.2, 0.25) is 11.1 Å². The molecule has 44 heavy (non-hydrogen) atoms. The van der Waals surface area contributed by atoms with Gasteiger partial charge < -0.3 is 29.0 Å². The fraction of sp³-hybridized carbons (Fsp3) is 0.304. The average Bonchev–Trinajstić information content (AvgIpc) is 3.58. The Kier molecular flexibility index (Phi) is 8.38. The van der Waals surface area contributed by atoms with Gasteiger partial charge in [-0.05, 0) is 33.3 Å². The second kappa shape index (κ2) is 11.9. The van der Waals surface area contributed by atoms with E-state index in [1.165, 1.54) is 40.7 Å². The van der Waals surface area contributed by atoms with Crippen LogP contribution >= 0.6 is 23.5 Å². The average molecular weight is 668 g/mol. The molecule has 3 aromatic rings. The molecule has 1 saturated heterocycles. The number of aryl methyl sites for hydroxylation is 1. The third-order valence-electron chi connectivity index (χ3n) is 6.40. The van der Waals surface area contributed by atoms with Gasteiger partial charge in [0.15, 0.2) is 11.3 Å². The smallest absolute Gasteiger partial charge is 0.352 e. The van der Waals surface area contributed by atoms with Gasteiger partial charge in [0.05, 0.1) is 6.42 Å². The minimum Gasteiger partial charge on any atom is -0.477 e. The zero-order valence-electron chi connectivity index (χ0n) is 22.6. The summed E-state index contributed by atoms with van der Waals surface area (Å²) in [4.78, 5) is 51.3. The number of β-lactam (4-membered cyclic amide) rings is 1. The van der Waals surface area contributed by atoms with Gasteiger partial charge in [0.1, 0.15) is 16.0 Å². The number of nitrogens with one attached hydrogen (secondary N) is 1. The van der Waals surface area contributed by atoms with E-state index in [9.17, 15) is 37.8 Å². The molecular formula is C23H21N7O11S3. The van der Waals surface area contributed by atoms with Crippen molar-refractivity contribution in [1.82, 2.24) is 35.6 Å². The summed E-state index contributed by atoms with van der Waals surface area (Å²) in [6.45, 7) is 0. The predicted molar refractivity (Wildman–Crippen MR) is 147 cm³/mol. The van der Waals surface area contributed by atoms with E-state index in [2.05, 4.69) is 26.0 Å². The molecule has 0 spiro atoms. The molecule has 2 amide bonds. The van der Waals surface area contributed by atoms with E-state index in [0.29, 0.717) is 10.7 Å². The molecule has 4 heterocycles. The van der Waals surface area contributed by atoms with Gasteiger partial charge in [0, 0.05) is 25.7 Å². The molecule has 3 N–H and O–H groups in total. The van der Waals surface area contributed by atoms with E-state index in [1.807, 2.05) is 0 Å². The lowest BCUT2D eigenvalue weighted by atomic mass is 9.98. The molecule has 0 saturated carbocycles. The number of fused-ring (bicyclic) bond motifs is 1. The Hall–Kier alpha value is -4.47. The summed E-state index contributed by atoms with van der Waals surface area (Å²) >= 11 is 2.32. The number of aromatic carboxylic acids is 1. The van der Waals surface area contributed by atoms with Crippen molar-refractivity contribution in [3.8, 4) is 5.88 Å². The molecule has 0 unspecified atom stereocenters. The van der Waals surface area contributed by atoms with Gasteiger partial charge in [-0.1, -0.05) is 30.0 Å². The molecule has 2 aliphatic heterocycles. The highest BCUT2D eigenvalue weighted by atomic mass is 32.2. The molecule has 2 atom stereocenters. The first-order valence-electron chi connectivity index (χ1n) is 12.2. The summed E-state index contributed by atoms with van der Waals surface area (Å²) in [7, 11) is -1.73. The maximum Gasteiger partial charge on any atom is 0.352 e. The molecule has 1 fully saturated rings. The normalized spacial score (nSPS) is 19.7. The van der Waals surface area contributed by atoms with Crippen LogP contribution in [0.5, 0.6) is 5.88 Å². The monoisotopic (exact) mass is 667 g/mol. The molecule has 18 nitrogen and oxygen atoms in total. The largest absolute Gasteiger partial charge is 0.477 e. The minimum atomic E-state index is -4.49. The first-order valence-corrected chi connectivity index (χ1v) is 15.7. The lowest BCUT2D eigenvalue weighted by molar-refractivity contribution is -0.192. The molecule has 0 aliphatic carbocycles. The molecule has 2 aliphatic rings. The number of rotatable bonds is 12. The molecule has 21 heteroatoms. The van der Waals surface area contributed by atoms with Crippen molar-refractivity contribution in [2.75, 3.05) is 18.6 Å². The van der Waals surface area contributed by atoms with Crippen molar-refractivity contribution in [1.29, 1.82) is 0 Å². The summed E-state index contributed by atoms with van der Waals surface area (Å²) in [5, 5.41) is 36.0. The van der Waals surface area contributed by atoms with Gasteiger partial charge in [-0.3, -0.25) is 14.5 Å². The Bertz CT molecular complexity index is 1790. The van der Waals surface area contributed by atoms with E-state index in [0.717, 1.165) is 23.8 Å². The second-order valence-electron chi connectivity index (χ2n) is 9.08. The van der Waals surface area contributed by atoms with Gasteiger partial charge in [0.25, 0.3) is 17.5 Å². The summed E-state index contributed by atoms with van der Waals surface area (Å²) in [6.07, 6.45) is -0.811. The highest BCUT2D eigenvalue weighted by molar-refractivity contribution is 8.01. The first kappa shape index (κ1) is 31.0. The maximum atomic E-state index is 13.4. The van der Waals surface area contributed by atoms with E-state index in [1.54, 1.807) is 13.1 Å². The van der Waals surface area contributed by atoms with Crippen molar-refractivity contribution in [3.63, 3.8) is 0 Å². The summed E-state index contributed by atoms with van der Waals surface area (Å²) in [5.41, 5.74) is -2.67. The summed E-state index contributed by atoms with van der Waals surface area (Å²) in [5.74, 6) is -6.04. The van der Waals surface area contributed by atoms with Crippen LogP contribution in [-0.2, 0) is 42.7 Å². The molecule has 2 aromatic heterocycles. The number of thioether (sulfide) groups is 2. The predicted octanol–water partition coefficient (Wildman–Crippen LogP) is -0.288. The number of carbonyl (C=O) groups is 4. The number of nitrogens with zero attached hydrogens (tertiary/aromatic N) is 6. The Balaban J connectivity index is 1.33. The molecule has 1 aromatic carbocycles. The van der Waals surface area contributed by atoms with Crippen molar-refractivity contribution >= 4 is 57.4 Å². The minimum absolute atomic E-state index is 0.164. The Morgan fingerprint density at radius 3 is 2.57 bits per heavy atom. The van der Waals surface area contributed by atoms with Crippen molar-refractivity contribution in [3.05, 3.63) is 52.9 Å². The zero-order valence-corrected chi connectivity index (χ0v) is 25.0. The number of aliphatic carboxylic acids is 1. The quantitative estimate of drug-likeness (QED) is 0.0972. The number of carbonyl (C=O) groups excluding carboxylic acids is 2. The van der Waals surface area contributed by atoms with E-state index in [4.69, 9.17) is 13.4 Å². The summed E-state index contributed by atoms with van der Waals surface area (Å²) in [6, 6.07) is 6.87. The van der Waals surface area contributed by atoms with Crippen molar-refractivity contribution in [2.24, 2.45) is 7.05 Å². The zero-order chi connectivity index (χ0) is 31.8. The van der Waals surface area contributed by atoms with Crippen LogP contribution in [0.1, 0.15) is 16.1 Å². The number of amides is 2. The standard InChI is InChI=1S/C23H21N7O11S3/c1-29-22(25-27-28-29)43-10-11-9-42-21-23(39-2,20(36)30(21)16(11)19(34)35)24-14(31)8-13-15(18(32)33)17(26-40-13)41-44(37,38)12-6-4-3-5-7-12/h3-7,21H,8-10H2,1-2H3,(H,24,31)(H,32,33)(H,34,35)/t21-,23+/m1/s1. The number of hydrogen-bond acceptors (Lipinski definition) is 15. The fourth-order valence-electron chi connectivity index (χ4n) is 4.38. The number of tetrazole rings is 1.